The van der Waals surface area contributed by atoms with Crippen molar-refractivity contribution in [2.45, 2.75) is 63.5 Å². The Morgan fingerprint density at radius 2 is 2.00 bits per heavy atom. The van der Waals surface area contributed by atoms with Crippen LogP contribution in [0.2, 0.25) is 0 Å². The molecule has 0 amide bonds. The zero-order chi connectivity index (χ0) is 13.5. The van der Waals surface area contributed by atoms with Crippen molar-refractivity contribution >= 4 is 0 Å². The van der Waals surface area contributed by atoms with Gasteiger partial charge in [-0.3, -0.25) is 0 Å². The Hall–Kier alpha value is -0.940. The maximum atomic E-state index is 6.25. The smallest absolute Gasteiger partial charge is 0.143 e. The first-order chi connectivity index (χ1) is 9.13. The summed E-state index contributed by atoms with van der Waals surface area (Å²) < 4.78 is 7.91. The fraction of sp³-hybridized carbons (Fsp3) is 0.857. The van der Waals surface area contributed by atoms with Crippen LogP contribution in [0.1, 0.15) is 56.7 Å². The van der Waals surface area contributed by atoms with Crippen LogP contribution in [-0.2, 0) is 10.2 Å². The molecule has 1 aliphatic heterocycles. The number of aryl methyl sites for hydroxylation is 1. The average molecular weight is 264 g/mol. The first-order valence-corrected chi connectivity index (χ1v) is 7.38. The number of aromatic nitrogens is 3. The second-order valence-corrected chi connectivity index (χ2v) is 6.27. The molecule has 1 saturated heterocycles. The molecule has 5 heteroatoms. The molecule has 1 saturated carbocycles. The minimum atomic E-state index is -0.196. The molecule has 2 aliphatic rings. The molecule has 5 nitrogen and oxygen atoms in total. The molecular formula is C14H24N4O. The van der Waals surface area contributed by atoms with E-state index >= 15 is 0 Å². The molecule has 3 rings (SSSR count). The largest absolute Gasteiger partial charge is 0.379 e. The van der Waals surface area contributed by atoms with Crippen molar-refractivity contribution < 1.29 is 4.74 Å². The van der Waals surface area contributed by atoms with Gasteiger partial charge in [0.05, 0.1) is 18.6 Å². The van der Waals surface area contributed by atoms with Gasteiger partial charge in [0.1, 0.15) is 11.6 Å². The van der Waals surface area contributed by atoms with Crippen LogP contribution in [0.15, 0.2) is 0 Å². The van der Waals surface area contributed by atoms with Crippen molar-refractivity contribution in [2.75, 3.05) is 13.2 Å². The van der Waals surface area contributed by atoms with Gasteiger partial charge in [-0.15, -0.1) is 10.2 Å². The van der Waals surface area contributed by atoms with Gasteiger partial charge in [0.15, 0.2) is 0 Å². The van der Waals surface area contributed by atoms with Crippen LogP contribution in [0.3, 0.4) is 0 Å². The van der Waals surface area contributed by atoms with Crippen molar-refractivity contribution in [3.8, 4) is 0 Å². The van der Waals surface area contributed by atoms with E-state index in [1.165, 1.54) is 32.1 Å². The monoisotopic (exact) mass is 264 g/mol. The first kappa shape index (κ1) is 13.1. The Morgan fingerprint density at radius 1 is 1.26 bits per heavy atom. The maximum absolute atomic E-state index is 6.25. The van der Waals surface area contributed by atoms with Crippen LogP contribution in [0.4, 0.5) is 0 Å². The Labute approximate surface area is 114 Å². The highest BCUT2D eigenvalue weighted by molar-refractivity contribution is 5.17. The summed E-state index contributed by atoms with van der Waals surface area (Å²) in [5.41, 5.74) is 6.05. The van der Waals surface area contributed by atoms with Gasteiger partial charge in [-0.25, -0.2) is 0 Å². The highest BCUT2D eigenvalue weighted by Crippen LogP contribution is 2.36. The van der Waals surface area contributed by atoms with Crippen molar-refractivity contribution in [3.05, 3.63) is 11.6 Å². The van der Waals surface area contributed by atoms with E-state index in [2.05, 4.69) is 28.6 Å². The van der Waals surface area contributed by atoms with E-state index in [0.29, 0.717) is 19.3 Å². The molecule has 0 radical (unpaired) electrons. The van der Waals surface area contributed by atoms with E-state index in [-0.39, 0.29) is 11.5 Å². The molecule has 2 fully saturated rings. The summed E-state index contributed by atoms with van der Waals surface area (Å²) in [6, 6.07) is 0.557. The Morgan fingerprint density at radius 3 is 2.63 bits per heavy atom. The summed E-state index contributed by atoms with van der Waals surface area (Å²) in [7, 11) is 0. The lowest BCUT2D eigenvalue weighted by Crippen LogP contribution is -2.44. The maximum Gasteiger partial charge on any atom is 0.143 e. The summed E-state index contributed by atoms with van der Waals surface area (Å²) in [6.07, 6.45) is 6.44. The Kier molecular flexibility index (Phi) is 3.35. The summed E-state index contributed by atoms with van der Waals surface area (Å²) in [5.74, 6) is 2.05. The van der Waals surface area contributed by atoms with Crippen LogP contribution in [0.5, 0.6) is 0 Å². The molecule has 1 aromatic rings. The Balaban J connectivity index is 1.98. The van der Waals surface area contributed by atoms with Gasteiger partial charge in [-0.05, 0) is 26.7 Å². The van der Waals surface area contributed by atoms with Gasteiger partial charge in [-0.2, -0.15) is 0 Å². The van der Waals surface area contributed by atoms with Crippen molar-refractivity contribution in [2.24, 2.45) is 5.73 Å². The normalized spacial score (nSPS) is 32.9. The van der Waals surface area contributed by atoms with Gasteiger partial charge < -0.3 is 15.0 Å². The molecule has 1 aromatic heterocycles. The van der Waals surface area contributed by atoms with Gasteiger partial charge in [0, 0.05) is 12.1 Å². The van der Waals surface area contributed by atoms with Crippen LogP contribution in [0, 0.1) is 6.92 Å². The Bertz CT molecular complexity index is 452. The van der Waals surface area contributed by atoms with E-state index in [4.69, 9.17) is 10.5 Å². The fourth-order valence-corrected chi connectivity index (χ4v) is 3.45. The second-order valence-electron chi connectivity index (χ2n) is 6.27. The molecule has 2 unspecified atom stereocenters. The predicted octanol–water partition coefficient (Wildman–Crippen LogP) is 1.71. The predicted molar refractivity (Wildman–Crippen MR) is 73.0 cm³/mol. The molecule has 2 heterocycles. The van der Waals surface area contributed by atoms with Crippen molar-refractivity contribution in [1.82, 2.24) is 14.8 Å². The van der Waals surface area contributed by atoms with Crippen LogP contribution >= 0.6 is 0 Å². The van der Waals surface area contributed by atoms with Crippen molar-refractivity contribution in [3.63, 3.8) is 0 Å². The van der Waals surface area contributed by atoms with Crippen LogP contribution in [0.25, 0.3) is 0 Å². The third-order valence-corrected chi connectivity index (χ3v) is 4.83. The van der Waals surface area contributed by atoms with Crippen LogP contribution < -0.4 is 5.73 Å². The number of hydrogen-bond donors (Lipinski definition) is 1. The number of nitrogens with zero attached hydrogens (tertiary/aromatic N) is 3. The first-order valence-electron chi connectivity index (χ1n) is 7.38. The van der Waals surface area contributed by atoms with E-state index < -0.39 is 0 Å². The van der Waals surface area contributed by atoms with Crippen molar-refractivity contribution in [1.29, 1.82) is 0 Å². The third kappa shape index (κ3) is 2.09. The lowest BCUT2D eigenvalue weighted by atomic mass is 9.84. The van der Waals surface area contributed by atoms with Gasteiger partial charge in [0.25, 0.3) is 0 Å². The van der Waals surface area contributed by atoms with E-state index in [1.54, 1.807) is 0 Å². The van der Waals surface area contributed by atoms with Crippen LogP contribution in [-0.4, -0.2) is 34.0 Å². The van der Waals surface area contributed by atoms with Gasteiger partial charge in [-0.1, -0.05) is 19.3 Å². The molecule has 1 aliphatic carbocycles. The zero-order valence-electron chi connectivity index (χ0n) is 11.9. The van der Waals surface area contributed by atoms with E-state index in [0.717, 1.165) is 11.6 Å². The van der Waals surface area contributed by atoms with Gasteiger partial charge in [0.2, 0.25) is 0 Å². The summed E-state index contributed by atoms with van der Waals surface area (Å²) in [4.78, 5) is 0. The fourth-order valence-electron chi connectivity index (χ4n) is 3.45. The number of rotatable bonds is 2. The summed E-state index contributed by atoms with van der Waals surface area (Å²) in [5, 5.41) is 8.77. The highest BCUT2D eigenvalue weighted by atomic mass is 16.5. The topological polar surface area (TPSA) is 66.0 Å². The number of hydrogen-bond acceptors (Lipinski definition) is 4. The second kappa shape index (κ2) is 4.87. The molecule has 0 bridgehead atoms. The summed E-state index contributed by atoms with van der Waals surface area (Å²) in [6.45, 7) is 5.48. The minimum Gasteiger partial charge on any atom is -0.379 e. The minimum absolute atomic E-state index is 0.0124. The molecule has 19 heavy (non-hydrogen) atoms. The van der Waals surface area contributed by atoms with E-state index in [1.807, 2.05) is 0 Å². The van der Waals surface area contributed by atoms with E-state index in [9.17, 15) is 0 Å². The molecule has 2 N–H and O–H groups in total. The molecule has 106 valence electrons. The highest BCUT2D eigenvalue weighted by Gasteiger charge is 2.44. The SMILES string of the molecule is Cc1nnc(C2(C)COCC2N)n1C1CCCCC1. The van der Waals surface area contributed by atoms with Gasteiger partial charge >= 0.3 is 0 Å². The zero-order valence-corrected chi connectivity index (χ0v) is 11.9. The number of ether oxygens (including phenoxy) is 1. The quantitative estimate of drug-likeness (QED) is 0.883. The standard InChI is InChI=1S/C14H24N4O/c1-10-16-17-13(14(2)9-19-8-12(14)15)18(10)11-6-4-3-5-7-11/h11-12H,3-9,15H2,1-2H3. The third-order valence-electron chi connectivity index (χ3n) is 4.83. The molecule has 0 spiro atoms. The lowest BCUT2D eigenvalue weighted by molar-refractivity contribution is 0.176. The molecule has 2 atom stereocenters. The summed E-state index contributed by atoms with van der Waals surface area (Å²) >= 11 is 0. The number of nitrogens with two attached hydrogens (primary N) is 1. The molecule has 0 aromatic carbocycles. The lowest BCUT2D eigenvalue weighted by Gasteiger charge is -2.31. The molecular weight excluding hydrogens is 240 g/mol. The average Bonchev–Trinajstić information content (AvgIpc) is 2.96.